The van der Waals surface area contributed by atoms with Gasteiger partial charge in [0.15, 0.2) is 0 Å². The molecule has 1 atom stereocenters. The number of carbonyl (C=O) groups is 1. The van der Waals surface area contributed by atoms with Crippen molar-refractivity contribution in [3.8, 4) is 0 Å². The fourth-order valence-electron chi connectivity index (χ4n) is 2.16. The number of para-hydroxylation sites is 1. The van der Waals surface area contributed by atoms with Crippen molar-refractivity contribution in [2.45, 2.75) is 32.1 Å². The van der Waals surface area contributed by atoms with E-state index in [1.165, 1.54) is 6.07 Å². The molecule has 0 fully saturated rings. The van der Waals surface area contributed by atoms with Crippen LogP contribution in [0.2, 0.25) is 5.02 Å². The van der Waals surface area contributed by atoms with E-state index in [1.54, 1.807) is 43.3 Å². The molecule has 25 heavy (non-hydrogen) atoms. The topological polar surface area (TPSA) is 75.3 Å². The van der Waals surface area contributed by atoms with Gasteiger partial charge in [-0.05, 0) is 43.2 Å². The summed E-state index contributed by atoms with van der Waals surface area (Å²) in [5, 5.41) is 3.06. The monoisotopic (exact) mass is 380 g/mol. The summed E-state index contributed by atoms with van der Waals surface area (Å²) in [4.78, 5) is 12.1. The Hall–Kier alpha value is -2.05. The SMILES string of the molecule is CCC(C)C(=O)Nc1ccc(C)c(S(=O)(=O)Nc2ccccc2Cl)c1. The molecule has 1 amide bonds. The summed E-state index contributed by atoms with van der Waals surface area (Å²) in [7, 11) is -3.84. The Morgan fingerprint density at radius 3 is 2.52 bits per heavy atom. The number of sulfonamides is 1. The van der Waals surface area contributed by atoms with Gasteiger partial charge >= 0.3 is 0 Å². The molecule has 0 saturated carbocycles. The van der Waals surface area contributed by atoms with Gasteiger partial charge in [-0.2, -0.15) is 0 Å². The number of benzene rings is 2. The Kier molecular flexibility index (Phi) is 6.08. The second-order valence-corrected chi connectivity index (χ2v) is 7.92. The highest BCUT2D eigenvalue weighted by molar-refractivity contribution is 7.92. The van der Waals surface area contributed by atoms with Gasteiger partial charge in [-0.25, -0.2) is 8.42 Å². The van der Waals surface area contributed by atoms with E-state index in [1.807, 2.05) is 13.8 Å². The zero-order valence-corrected chi connectivity index (χ0v) is 15.9. The van der Waals surface area contributed by atoms with Crippen molar-refractivity contribution < 1.29 is 13.2 Å². The molecule has 2 aromatic carbocycles. The molecule has 0 saturated heterocycles. The molecule has 134 valence electrons. The first-order valence-electron chi connectivity index (χ1n) is 7.93. The Morgan fingerprint density at radius 1 is 1.20 bits per heavy atom. The lowest BCUT2D eigenvalue weighted by atomic mass is 10.1. The number of amides is 1. The van der Waals surface area contributed by atoms with Crippen molar-refractivity contribution in [3.63, 3.8) is 0 Å². The first-order chi connectivity index (χ1) is 11.7. The fraction of sp³-hybridized carbons (Fsp3) is 0.278. The van der Waals surface area contributed by atoms with Crippen LogP contribution in [0.3, 0.4) is 0 Å². The van der Waals surface area contributed by atoms with Crippen molar-refractivity contribution in [1.29, 1.82) is 0 Å². The Morgan fingerprint density at radius 2 is 1.88 bits per heavy atom. The van der Waals surface area contributed by atoms with E-state index in [0.717, 1.165) is 0 Å². The summed E-state index contributed by atoms with van der Waals surface area (Å²) in [6.07, 6.45) is 0.705. The number of aryl methyl sites for hydroxylation is 1. The van der Waals surface area contributed by atoms with Gasteiger partial charge < -0.3 is 5.32 Å². The van der Waals surface area contributed by atoms with Gasteiger partial charge in [-0.15, -0.1) is 0 Å². The van der Waals surface area contributed by atoms with Crippen LogP contribution in [-0.4, -0.2) is 14.3 Å². The van der Waals surface area contributed by atoms with Crippen LogP contribution in [0, 0.1) is 12.8 Å². The average molecular weight is 381 g/mol. The number of nitrogens with one attached hydrogen (secondary N) is 2. The second kappa shape index (κ2) is 7.89. The molecule has 0 heterocycles. The lowest BCUT2D eigenvalue weighted by Gasteiger charge is -2.14. The summed E-state index contributed by atoms with van der Waals surface area (Å²) in [5.74, 6) is -0.295. The molecule has 0 aliphatic carbocycles. The van der Waals surface area contributed by atoms with E-state index in [-0.39, 0.29) is 16.7 Å². The normalized spacial score (nSPS) is 12.5. The highest BCUT2D eigenvalue weighted by Crippen LogP contribution is 2.27. The fourth-order valence-corrected chi connectivity index (χ4v) is 3.75. The summed E-state index contributed by atoms with van der Waals surface area (Å²) >= 11 is 6.02. The van der Waals surface area contributed by atoms with Gasteiger partial charge in [0, 0.05) is 11.6 Å². The average Bonchev–Trinajstić information content (AvgIpc) is 2.57. The highest BCUT2D eigenvalue weighted by atomic mass is 35.5. The molecule has 0 aliphatic heterocycles. The molecular formula is C18H21ClN2O3S. The number of anilines is 2. The van der Waals surface area contributed by atoms with E-state index in [0.29, 0.717) is 28.4 Å². The van der Waals surface area contributed by atoms with Crippen LogP contribution in [0.25, 0.3) is 0 Å². The second-order valence-electron chi connectivity index (χ2n) is 5.86. The highest BCUT2D eigenvalue weighted by Gasteiger charge is 2.20. The Bertz CT molecular complexity index is 882. The molecule has 0 aromatic heterocycles. The minimum atomic E-state index is -3.84. The molecule has 0 aliphatic rings. The third kappa shape index (κ3) is 4.74. The van der Waals surface area contributed by atoms with Gasteiger partial charge in [-0.1, -0.05) is 43.6 Å². The van der Waals surface area contributed by atoms with Crippen LogP contribution in [0.5, 0.6) is 0 Å². The first kappa shape index (κ1) is 19.3. The summed E-state index contributed by atoms with van der Waals surface area (Å²) in [6, 6.07) is 11.4. The molecule has 2 N–H and O–H groups in total. The van der Waals surface area contributed by atoms with Gasteiger partial charge in [0.1, 0.15) is 0 Å². The van der Waals surface area contributed by atoms with Crippen LogP contribution in [0.4, 0.5) is 11.4 Å². The minimum Gasteiger partial charge on any atom is -0.326 e. The van der Waals surface area contributed by atoms with Crippen molar-refractivity contribution in [1.82, 2.24) is 0 Å². The standard InChI is InChI=1S/C18H21ClN2O3S/c1-4-12(2)18(22)20-14-10-9-13(3)17(11-14)25(23,24)21-16-8-6-5-7-15(16)19/h5-12,21H,4H2,1-3H3,(H,20,22). The van der Waals surface area contributed by atoms with Gasteiger partial charge in [0.2, 0.25) is 5.91 Å². The van der Waals surface area contributed by atoms with Gasteiger partial charge in [-0.3, -0.25) is 9.52 Å². The zero-order valence-electron chi connectivity index (χ0n) is 14.3. The number of halogens is 1. The largest absolute Gasteiger partial charge is 0.326 e. The lowest BCUT2D eigenvalue weighted by Crippen LogP contribution is -2.20. The molecule has 0 bridgehead atoms. The van der Waals surface area contributed by atoms with Gasteiger partial charge in [0.25, 0.3) is 10.0 Å². The van der Waals surface area contributed by atoms with E-state index in [2.05, 4.69) is 10.0 Å². The number of carbonyl (C=O) groups excluding carboxylic acids is 1. The molecule has 2 rings (SSSR count). The number of hydrogen-bond donors (Lipinski definition) is 2. The van der Waals surface area contributed by atoms with E-state index in [4.69, 9.17) is 11.6 Å². The van der Waals surface area contributed by atoms with Crippen molar-refractivity contribution in [2.24, 2.45) is 5.92 Å². The zero-order chi connectivity index (χ0) is 18.6. The number of hydrogen-bond acceptors (Lipinski definition) is 3. The van der Waals surface area contributed by atoms with Crippen molar-refractivity contribution in [2.75, 3.05) is 10.0 Å². The van der Waals surface area contributed by atoms with Crippen LogP contribution < -0.4 is 10.0 Å². The maximum atomic E-state index is 12.7. The molecule has 1 unspecified atom stereocenters. The van der Waals surface area contributed by atoms with Crippen molar-refractivity contribution >= 4 is 38.9 Å². The third-order valence-electron chi connectivity index (χ3n) is 3.92. The molecular weight excluding hydrogens is 360 g/mol. The molecule has 5 nitrogen and oxygen atoms in total. The van der Waals surface area contributed by atoms with Crippen molar-refractivity contribution in [3.05, 3.63) is 53.1 Å². The molecule has 0 radical (unpaired) electrons. The van der Waals surface area contributed by atoms with E-state index in [9.17, 15) is 13.2 Å². The maximum absolute atomic E-state index is 12.7. The Labute approximate surface area is 153 Å². The maximum Gasteiger partial charge on any atom is 0.262 e. The predicted molar refractivity (Wildman–Crippen MR) is 102 cm³/mol. The van der Waals surface area contributed by atoms with Crippen LogP contribution in [-0.2, 0) is 14.8 Å². The molecule has 0 spiro atoms. The van der Waals surface area contributed by atoms with Crippen LogP contribution >= 0.6 is 11.6 Å². The number of rotatable bonds is 6. The predicted octanol–water partition coefficient (Wildman–Crippen LogP) is 4.43. The smallest absolute Gasteiger partial charge is 0.262 e. The lowest BCUT2D eigenvalue weighted by molar-refractivity contribution is -0.119. The molecule has 7 heteroatoms. The Balaban J connectivity index is 2.33. The minimum absolute atomic E-state index is 0.0920. The van der Waals surface area contributed by atoms with Crippen LogP contribution in [0.15, 0.2) is 47.4 Å². The first-order valence-corrected chi connectivity index (χ1v) is 9.79. The van der Waals surface area contributed by atoms with Gasteiger partial charge in [0.05, 0.1) is 15.6 Å². The van der Waals surface area contributed by atoms with E-state index < -0.39 is 10.0 Å². The molecule has 2 aromatic rings. The summed E-state index contributed by atoms with van der Waals surface area (Å²) in [5.41, 5.74) is 1.31. The summed E-state index contributed by atoms with van der Waals surface area (Å²) < 4.78 is 27.9. The summed E-state index contributed by atoms with van der Waals surface area (Å²) in [6.45, 7) is 5.43. The van der Waals surface area contributed by atoms with E-state index >= 15 is 0 Å². The quantitative estimate of drug-likeness (QED) is 0.778. The van der Waals surface area contributed by atoms with Crippen LogP contribution in [0.1, 0.15) is 25.8 Å². The third-order valence-corrected chi connectivity index (χ3v) is 5.76.